The van der Waals surface area contributed by atoms with Crippen molar-refractivity contribution in [3.05, 3.63) is 71.2 Å². The second kappa shape index (κ2) is 19.1. The third-order valence-corrected chi connectivity index (χ3v) is 12.1. The smallest absolute Gasteiger partial charge is 0.475 e. The summed E-state index contributed by atoms with van der Waals surface area (Å²) in [6, 6.07) is 9.97. The summed E-state index contributed by atoms with van der Waals surface area (Å²) in [5, 5.41) is 28.4. The molecule has 3 saturated heterocycles. The number of aromatic nitrogens is 8. The van der Waals surface area contributed by atoms with Crippen molar-refractivity contribution in [2.75, 3.05) is 39.3 Å². The molecule has 2 N–H and O–H groups in total. The molecule has 0 radical (unpaired) electrons. The summed E-state index contributed by atoms with van der Waals surface area (Å²) < 4.78 is 105. The number of amides is 1. The van der Waals surface area contributed by atoms with Gasteiger partial charge in [-0.2, -0.15) is 42.7 Å². The van der Waals surface area contributed by atoms with Gasteiger partial charge in [0.2, 0.25) is 5.91 Å². The fraction of sp³-hybridized carbons (Fsp3) is 0.535. The number of hydrogen-bond acceptors (Lipinski definition) is 12. The van der Waals surface area contributed by atoms with Gasteiger partial charge >= 0.3 is 12.1 Å². The second-order valence-electron chi connectivity index (χ2n) is 17.2. The number of aliphatic carboxylic acids is 1. The van der Waals surface area contributed by atoms with Gasteiger partial charge in [0, 0.05) is 75.6 Å². The average Bonchev–Trinajstić information content (AvgIpc) is 4.10. The fourth-order valence-corrected chi connectivity index (χ4v) is 8.45. The van der Waals surface area contributed by atoms with Crippen molar-refractivity contribution in [1.82, 2.24) is 55.0 Å². The summed E-state index contributed by atoms with van der Waals surface area (Å²) in [6.45, 7) is 13.3. The SMILES string of the molecule is CC(=O)N1CCC(N2CCC(F)(c3nc(-n4nc(C(C)C)c5cccc(F)c54)no3)CC2)CC1.CC(C)c1nn(-c2noc(C3(F)CCNCC3)n2)c2c(F)cccc12.O=C(O)C(F)(F)F. The number of benzene rings is 2. The highest BCUT2D eigenvalue weighted by Crippen LogP contribution is 2.39. The van der Waals surface area contributed by atoms with E-state index >= 15 is 8.78 Å². The Bertz CT molecular complexity index is 2650. The minimum atomic E-state index is -5.08. The molecule has 0 unspecified atom stereocenters. The first-order valence-corrected chi connectivity index (χ1v) is 21.6. The molecule has 23 heteroatoms. The van der Waals surface area contributed by atoms with Crippen LogP contribution >= 0.6 is 0 Å². The molecule has 3 aliphatic rings. The van der Waals surface area contributed by atoms with Gasteiger partial charge in [-0.25, -0.2) is 22.4 Å². The van der Waals surface area contributed by atoms with Crippen molar-refractivity contribution in [2.24, 2.45) is 0 Å². The Morgan fingerprint density at radius 3 is 1.56 bits per heavy atom. The van der Waals surface area contributed by atoms with Crippen LogP contribution < -0.4 is 5.32 Å². The number of hydrogen-bond donors (Lipinski definition) is 2. The van der Waals surface area contributed by atoms with Crippen LogP contribution in [-0.2, 0) is 20.9 Å². The van der Waals surface area contributed by atoms with E-state index in [0.29, 0.717) is 43.0 Å². The van der Waals surface area contributed by atoms with Crippen LogP contribution in [0.25, 0.3) is 33.7 Å². The summed E-state index contributed by atoms with van der Waals surface area (Å²) >= 11 is 0. The van der Waals surface area contributed by atoms with E-state index in [9.17, 15) is 26.7 Å². The number of para-hydroxylation sites is 2. The molecule has 9 rings (SSSR count). The molecular formula is C43H50F7N11O5. The van der Waals surface area contributed by atoms with Crippen LogP contribution in [0.15, 0.2) is 45.4 Å². The Hall–Kier alpha value is -5.97. The molecule has 3 fully saturated rings. The predicted octanol–water partition coefficient (Wildman–Crippen LogP) is 7.80. The second-order valence-corrected chi connectivity index (χ2v) is 17.2. The Balaban J connectivity index is 0.000000177. The van der Waals surface area contributed by atoms with Crippen LogP contribution in [0.3, 0.4) is 0 Å². The van der Waals surface area contributed by atoms with Crippen molar-refractivity contribution in [3.8, 4) is 11.9 Å². The average molecular weight is 934 g/mol. The van der Waals surface area contributed by atoms with E-state index in [1.807, 2.05) is 44.7 Å². The first-order valence-electron chi connectivity index (χ1n) is 21.6. The zero-order chi connectivity index (χ0) is 47.7. The van der Waals surface area contributed by atoms with Crippen LogP contribution in [0.4, 0.5) is 30.7 Å². The Morgan fingerprint density at radius 1 is 0.742 bits per heavy atom. The lowest BCUT2D eigenvalue weighted by Crippen LogP contribution is -2.50. The molecule has 0 atom stereocenters. The topological polar surface area (TPSA) is 186 Å². The number of carbonyl (C=O) groups is 2. The summed E-state index contributed by atoms with van der Waals surface area (Å²) in [7, 11) is 0. The maximum absolute atomic E-state index is 15.9. The number of alkyl halides is 5. The maximum atomic E-state index is 15.9. The number of carboxylic acid groups (broad SMARTS) is 1. The van der Waals surface area contributed by atoms with Crippen molar-refractivity contribution >= 4 is 33.7 Å². The highest BCUT2D eigenvalue weighted by atomic mass is 19.4. The lowest BCUT2D eigenvalue weighted by molar-refractivity contribution is -0.192. The third kappa shape index (κ3) is 9.91. The van der Waals surface area contributed by atoms with Gasteiger partial charge in [0.25, 0.3) is 23.7 Å². The van der Waals surface area contributed by atoms with E-state index in [-0.39, 0.29) is 78.1 Å². The minimum absolute atomic E-state index is 0.0352. The van der Waals surface area contributed by atoms with Gasteiger partial charge in [-0.05, 0) is 60.2 Å². The van der Waals surface area contributed by atoms with Gasteiger partial charge in [0.1, 0.15) is 22.7 Å². The summed E-state index contributed by atoms with van der Waals surface area (Å²) in [5.74, 6) is -3.44. The van der Waals surface area contributed by atoms with Crippen molar-refractivity contribution in [1.29, 1.82) is 0 Å². The first kappa shape index (κ1) is 48.0. The predicted molar refractivity (Wildman–Crippen MR) is 223 cm³/mol. The number of carboxylic acids is 1. The molecule has 7 heterocycles. The normalized spacial score (nSPS) is 18.1. The van der Waals surface area contributed by atoms with Crippen LogP contribution in [0.2, 0.25) is 0 Å². The first-order chi connectivity index (χ1) is 31.2. The molecule has 0 spiro atoms. The standard InChI is InChI=1S/C24H30F2N6O2.C17H19F2N5O.C2HF3O2/c1-15(2)20-18-5-4-6-19(25)21(18)32(28-20)23-27-22(34-29-23)24(26)9-13-31(14-10-24)17-7-11-30(12-8-17)16(3)33;1-10(2)13-11-4-3-5-12(18)14(11)24(22-13)16-21-15(25-23-16)17(19)6-8-20-9-7-17;3-2(4,5)1(6)7/h4-6,15,17H,7-14H2,1-3H3;3-5,10,20H,6-9H2,1-2H3;(H,6,7). The van der Waals surface area contributed by atoms with E-state index in [2.05, 4.69) is 40.7 Å². The Kier molecular flexibility index (Phi) is 13.9. The molecule has 6 aromatic rings. The number of rotatable bonds is 7. The quantitative estimate of drug-likeness (QED) is 0.148. The van der Waals surface area contributed by atoms with E-state index in [1.165, 1.54) is 21.5 Å². The van der Waals surface area contributed by atoms with Crippen LogP contribution in [0.1, 0.15) is 108 Å². The van der Waals surface area contributed by atoms with Crippen LogP contribution in [0, 0.1) is 11.6 Å². The molecule has 0 aliphatic carbocycles. The summed E-state index contributed by atoms with van der Waals surface area (Å²) in [5.41, 5.74) is -1.39. The number of halogens is 7. The van der Waals surface area contributed by atoms with Gasteiger partial charge in [-0.1, -0.05) is 52.0 Å². The van der Waals surface area contributed by atoms with Crippen molar-refractivity contribution in [2.45, 2.75) is 109 Å². The zero-order valence-electron chi connectivity index (χ0n) is 36.9. The Morgan fingerprint density at radius 2 is 1.17 bits per heavy atom. The van der Waals surface area contributed by atoms with Gasteiger partial charge in [0.05, 0.1) is 11.4 Å². The number of fused-ring (bicyclic) bond motifs is 2. The van der Waals surface area contributed by atoms with Crippen LogP contribution in [0.5, 0.6) is 0 Å². The number of piperidine rings is 3. The van der Waals surface area contributed by atoms with Gasteiger partial charge in [-0.3, -0.25) is 9.69 Å². The van der Waals surface area contributed by atoms with Gasteiger partial charge < -0.3 is 24.4 Å². The van der Waals surface area contributed by atoms with Gasteiger partial charge in [-0.15, -0.1) is 0 Å². The molecule has 3 aliphatic heterocycles. The Labute approximate surface area is 373 Å². The molecule has 2 aromatic carbocycles. The number of nitrogens with one attached hydrogen (secondary N) is 1. The third-order valence-electron chi connectivity index (χ3n) is 12.1. The van der Waals surface area contributed by atoms with Crippen LogP contribution in [-0.4, -0.2) is 118 Å². The largest absolute Gasteiger partial charge is 0.490 e. The zero-order valence-corrected chi connectivity index (χ0v) is 36.9. The molecule has 16 nitrogen and oxygen atoms in total. The van der Waals surface area contributed by atoms with Crippen molar-refractivity contribution in [3.63, 3.8) is 0 Å². The van der Waals surface area contributed by atoms with E-state index < -0.39 is 35.1 Å². The summed E-state index contributed by atoms with van der Waals surface area (Å²) in [6.07, 6.45) is -2.26. The lowest BCUT2D eigenvalue weighted by Gasteiger charge is -2.42. The minimum Gasteiger partial charge on any atom is -0.475 e. The monoisotopic (exact) mass is 933 g/mol. The molecule has 356 valence electrons. The maximum Gasteiger partial charge on any atom is 0.490 e. The fourth-order valence-electron chi connectivity index (χ4n) is 8.45. The molecular weight excluding hydrogens is 884 g/mol. The molecule has 1 amide bonds. The highest BCUT2D eigenvalue weighted by molar-refractivity contribution is 5.85. The number of carbonyl (C=O) groups excluding carboxylic acids is 1. The highest BCUT2D eigenvalue weighted by Gasteiger charge is 2.44. The number of nitrogens with zero attached hydrogens (tertiary/aromatic N) is 10. The van der Waals surface area contributed by atoms with Gasteiger partial charge in [0.15, 0.2) is 11.3 Å². The molecule has 4 aromatic heterocycles. The molecule has 66 heavy (non-hydrogen) atoms. The van der Waals surface area contributed by atoms with E-state index in [0.717, 1.165) is 37.3 Å². The number of likely N-dealkylation sites (tertiary alicyclic amines) is 2. The summed E-state index contributed by atoms with van der Waals surface area (Å²) in [4.78, 5) is 33.2. The molecule has 0 saturated carbocycles. The lowest BCUT2D eigenvalue weighted by atomic mass is 9.90. The van der Waals surface area contributed by atoms with E-state index in [1.54, 1.807) is 19.1 Å². The molecule has 0 bridgehead atoms. The van der Waals surface area contributed by atoms with Crippen molar-refractivity contribution < 1.29 is 54.5 Å². The van der Waals surface area contributed by atoms with E-state index in [4.69, 9.17) is 18.9 Å².